The number of halogens is 1. The summed E-state index contributed by atoms with van der Waals surface area (Å²) in [6, 6.07) is 23.1. The van der Waals surface area contributed by atoms with Gasteiger partial charge in [0.05, 0.1) is 11.9 Å². The molecule has 42 heavy (non-hydrogen) atoms. The molecule has 1 unspecified atom stereocenters. The molecule has 1 aliphatic rings. The van der Waals surface area contributed by atoms with Gasteiger partial charge in [-0.1, -0.05) is 92.4 Å². The number of hydrogen-bond donors (Lipinski definition) is 1. The molecule has 0 spiro atoms. The molecule has 0 aliphatic heterocycles. The van der Waals surface area contributed by atoms with Crippen LogP contribution in [0.1, 0.15) is 55.7 Å². The van der Waals surface area contributed by atoms with Crippen LogP contribution in [0.2, 0.25) is 5.02 Å². The molecule has 9 heteroatoms. The Morgan fingerprint density at radius 2 is 1.50 bits per heavy atom. The Kier molecular flexibility index (Phi) is 11.0. The summed E-state index contributed by atoms with van der Waals surface area (Å²) in [5, 5.41) is 3.77. The third kappa shape index (κ3) is 8.82. The Morgan fingerprint density at radius 3 is 2.10 bits per heavy atom. The highest BCUT2D eigenvalue weighted by Gasteiger charge is 2.34. The number of anilines is 1. The number of benzene rings is 3. The van der Waals surface area contributed by atoms with E-state index in [1.165, 1.54) is 4.90 Å². The molecule has 0 aromatic heterocycles. The maximum absolute atomic E-state index is 14.2. The molecule has 1 N–H and O–H groups in total. The molecular formula is C33H40ClN3O4S. The maximum atomic E-state index is 14.2. The van der Waals surface area contributed by atoms with Crippen LogP contribution in [0.15, 0.2) is 78.9 Å². The highest BCUT2D eigenvalue weighted by atomic mass is 35.5. The van der Waals surface area contributed by atoms with Crippen molar-refractivity contribution < 1.29 is 18.0 Å². The van der Waals surface area contributed by atoms with E-state index in [1.54, 1.807) is 24.3 Å². The molecule has 1 fully saturated rings. The second-order valence-corrected chi connectivity index (χ2v) is 13.3. The van der Waals surface area contributed by atoms with E-state index in [4.69, 9.17) is 11.6 Å². The number of rotatable bonds is 12. The number of aryl methyl sites for hydroxylation is 1. The summed E-state index contributed by atoms with van der Waals surface area (Å²) in [6.07, 6.45) is 7.28. The Bertz CT molecular complexity index is 1420. The lowest BCUT2D eigenvalue weighted by molar-refractivity contribution is -0.140. The Balaban J connectivity index is 1.70. The number of carbonyl (C=O) groups is 2. The Labute approximate surface area is 254 Å². The van der Waals surface area contributed by atoms with E-state index < -0.39 is 28.5 Å². The van der Waals surface area contributed by atoms with Gasteiger partial charge in [-0.2, -0.15) is 0 Å². The van der Waals surface area contributed by atoms with Gasteiger partial charge in [0.1, 0.15) is 12.6 Å². The predicted octanol–water partition coefficient (Wildman–Crippen LogP) is 5.76. The van der Waals surface area contributed by atoms with E-state index in [2.05, 4.69) is 5.32 Å². The highest BCUT2D eigenvalue weighted by Crippen LogP contribution is 2.23. The first-order chi connectivity index (χ1) is 20.1. The van der Waals surface area contributed by atoms with Crippen LogP contribution in [0.4, 0.5) is 5.69 Å². The predicted molar refractivity (Wildman–Crippen MR) is 169 cm³/mol. The lowest BCUT2D eigenvalue weighted by Gasteiger charge is -2.35. The lowest BCUT2D eigenvalue weighted by atomic mass is 9.94. The minimum Gasteiger partial charge on any atom is -0.352 e. The molecule has 0 saturated heterocycles. The minimum atomic E-state index is -3.80. The summed E-state index contributed by atoms with van der Waals surface area (Å²) in [4.78, 5) is 29.7. The summed E-state index contributed by atoms with van der Waals surface area (Å²) in [7, 11) is -3.80. The Morgan fingerprint density at radius 1 is 0.881 bits per heavy atom. The molecule has 0 heterocycles. The lowest BCUT2D eigenvalue weighted by Crippen LogP contribution is -2.55. The molecular weight excluding hydrogens is 570 g/mol. The average Bonchev–Trinajstić information content (AvgIpc) is 2.99. The second-order valence-electron chi connectivity index (χ2n) is 11.0. The zero-order valence-electron chi connectivity index (χ0n) is 24.3. The average molecular weight is 610 g/mol. The van der Waals surface area contributed by atoms with Crippen LogP contribution >= 0.6 is 11.6 Å². The molecule has 1 atom stereocenters. The maximum Gasteiger partial charge on any atom is 0.244 e. The number of amides is 2. The number of carbonyl (C=O) groups excluding carboxylic acids is 2. The molecule has 7 nitrogen and oxygen atoms in total. The van der Waals surface area contributed by atoms with Gasteiger partial charge in [-0.05, 0) is 60.2 Å². The summed E-state index contributed by atoms with van der Waals surface area (Å²) < 4.78 is 27.0. The molecule has 0 radical (unpaired) electrons. The first-order valence-electron chi connectivity index (χ1n) is 14.6. The van der Waals surface area contributed by atoms with Crippen LogP contribution in [-0.2, 0) is 39.0 Å². The van der Waals surface area contributed by atoms with E-state index in [9.17, 15) is 18.0 Å². The molecule has 224 valence electrons. The first-order valence-corrected chi connectivity index (χ1v) is 16.8. The minimum absolute atomic E-state index is 0.0570. The van der Waals surface area contributed by atoms with E-state index in [-0.39, 0.29) is 18.5 Å². The van der Waals surface area contributed by atoms with Gasteiger partial charge in [-0.3, -0.25) is 13.9 Å². The van der Waals surface area contributed by atoms with Gasteiger partial charge in [0, 0.05) is 24.0 Å². The Hall–Kier alpha value is -3.36. The van der Waals surface area contributed by atoms with E-state index in [0.717, 1.165) is 65.8 Å². The number of sulfonamides is 1. The van der Waals surface area contributed by atoms with Gasteiger partial charge in [-0.15, -0.1) is 0 Å². The van der Waals surface area contributed by atoms with E-state index >= 15 is 0 Å². The third-order valence-electron chi connectivity index (χ3n) is 7.80. The molecule has 2 amide bonds. The van der Waals surface area contributed by atoms with Crippen LogP contribution in [-0.4, -0.2) is 50.0 Å². The largest absolute Gasteiger partial charge is 0.352 e. The number of nitrogens with zero attached hydrogens (tertiary/aromatic N) is 2. The van der Waals surface area contributed by atoms with Crippen molar-refractivity contribution >= 4 is 39.1 Å². The fraction of sp³-hybridized carbons (Fsp3) is 0.394. The number of hydrogen-bond acceptors (Lipinski definition) is 4. The highest BCUT2D eigenvalue weighted by molar-refractivity contribution is 7.92. The zero-order valence-corrected chi connectivity index (χ0v) is 25.9. The fourth-order valence-corrected chi connectivity index (χ4v) is 6.37. The topological polar surface area (TPSA) is 86.8 Å². The van der Waals surface area contributed by atoms with Gasteiger partial charge in [0.25, 0.3) is 0 Å². The van der Waals surface area contributed by atoms with Crippen molar-refractivity contribution in [1.29, 1.82) is 0 Å². The van der Waals surface area contributed by atoms with Gasteiger partial charge >= 0.3 is 0 Å². The first kappa shape index (κ1) is 31.6. The smallest absolute Gasteiger partial charge is 0.244 e. The van der Waals surface area contributed by atoms with Crippen LogP contribution < -0.4 is 9.62 Å². The van der Waals surface area contributed by atoms with Crippen LogP contribution in [0.5, 0.6) is 0 Å². The summed E-state index contributed by atoms with van der Waals surface area (Å²) in [5.74, 6) is -0.694. The van der Waals surface area contributed by atoms with Crippen molar-refractivity contribution in [3.8, 4) is 0 Å². The third-order valence-corrected chi connectivity index (χ3v) is 9.19. The van der Waals surface area contributed by atoms with Gasteiger partial charge in [0.15, 0.2) is 0 Å². The van der Waals surface area contributed by atoms with E-state index in [0.29, 0.717) is 17.1 Å². The van der Waals surface area contributed by atoms with Crippen molar-refractivity contribution in [1.82, 2.24) is 10.2 Å². The number of nitrogens with one attached hydrogen (secondary N) is 1. The standard InChI is InChI=1S/C33H40ClN3O4S/c1-3-25-16-20-30(21-17-25)37(42(2,40)41)24-32(38)36(23-27-14-18-28(34)19-15-27)31(22-26-10-6-4-7-11-26)33(39)35-29-12-8-5-9-13-29/h4,6-7,10-11,14-21,29,31H,3,5,8-9,12-13,22-24H2,1-2H3,(H,35,39). The SMILES string of the molecule is CCc1ccc(N(CC(=O)N(Cc2ccc(Cl)cc2)C(Cc2ccccc2)C(=O)NC2CCCCC2)S(C)(=O)=O)cc1. The zero-order chi connectivity index (χ0) is 30.1. The summed E-state index contributed by atoms with van der Waals surface area (Å²) in [6.45, 7) is 1.71. The van der Waals surface area contributed by atoms with Crippen LogP contribution in [0, 0.1) is 0 Å². The quantitative estimate of drug-likeness (QED) is 0.283. The molecule has 4 rings (SSSR count). The molecule has 3 aromatic carbocycles. The van der Waals surface area contributed by atoms with Gasteiger partial charge in [-0.25, -0.2) is 8.42 Å². The van der Waals surface area contributed by atoms with Crippen molar-refractivity contribution in [3.05, 3.63) is 101 Å². The van der Waals surface area contributed by atoms with Crippen molar-refractivity contribution in [2.45, 2.75) is 70.5 Å². The van der Waals surface area contributed by atoms with Crippen LogP contribution in [0.3, 0.4) is 0 Å². The summed E-state index contributed by atoms with van der Waals surface area (Å²) >= 11 is 6.13. The molecule has 1 aliphatic carbocycles. The monoisotopic (exact) mass is 609 g/mol. The van der Waals surface area contributed by atoms with Gasteiger partial charge < -0.3 is 10.2 Å². The second kappa shape index (κ2) is 14.7. The molecule has 1 saturated carbocycles. The van der Waals surface area contributed by atoms with Crippen molar-refractivity contribution in [2.24, 2.45) is 0 Å². The molecule has 3 aromatic rings. The van der Waals surface area contributed by atoms with E-state index in [1.807, 2.05) is 61.5 Å². The van der Waals surface area contributed by atoms with Crippen molar-refractivity contribution in [2.75, 3.05) is 17.1 Å². The van der Waals surface area contributed by atoms with Gasteiger partial charge in [0.2, 0.25) is 21.8 Å². The fourth-order valence-electron chi connectivity index (χ4n) is 5.40. The normalized spacial score (nSPS) is 14.6. The molecule has 0 bridgehead atoms. The van der Waals surface area contributed by atoms with Crippen LogP contribution in [0.25, 0.3) is 0 Å². The van der Waals surface area contributed by atoms with Crippen molar-refractivity contribution in [3.63, 3.8) is 0 Å². The summed E-state index contributed by atoms with van der Waals surface area (Å²) in [5.41, 5.74) is 3.16.